The molecule has 57 valence electrons. The molecule has 0 N–H and O–H groups in total. The molecular formula is C10H17. The van der Waals surface area contributed by atoms with Gasteiger partial charge in [-0.05, 0) is 31.6 Å². The summed E-state index contributed by atoms with van der Waals surface area (Å²) in [5.41, 5.74) is 0. The van der Waals surface area contributed by atoms with Crippen molar-refractivity contribution in [2.75, 3.05) is 0 Å². The maximum Gasteiger partial charge on any atom is -0.0234 e. The molecule has 0 aromatic carbocycles. The van der Waals surface area contributed by atoms with Crippen molar-refractivity contribution < 1.29 is 0 Å². The molecule has 0 saturated heterocycles. The minimum absolute atomic E-state index is 0.909. The van der Waals surface area contributed by atoms with Crippen LogP contribution >= 0.6 is 0 Å². The zero-order valence-corrected chi connectivity index (χ0v) is 6.68. The van der Waals surface area contributed by atoms with Crippen molar-refractivity contribution in [1.29, 1.82) is 0 Å². The van der Waals surface area contributed by atoms with Crippen LogP contribution in [0, 0.1) is 12.8 Å². The van der Waals surface area contributed by atoms with Crippen LogP contribution in [0.25, 0.3) is 0 Å². The van der Waals surface area contributed by atoms with Crippen LogP contribution in [0.4, 0.5) is 0 Å². The van der Waals surface area contributed by atoms with Crippen LogP contribution in [0.3, 0.4) is 0 Å². The van der Waals surface area contributed by atoms with E-state index in [0.29, 0.717) is 0 Å². The molecule has 1 saturated carbocycles. The summed E-state index contributed by atoms with van der Waals surface area (Å²) in [5, 5.41) is 0. The molecule has 1 rings (SSSR count). The molecule has 1 aliphatic rings. The van der Waals surface area contributed by atoms with E-state index in [1.54, 1.807) is 0 Å². The first-order valence-electron chi connectivity index (χ1n) is 4.39. The molecule has 0 aromatic heterocycles. The fraction of sp³-hybridized carbons (Fsp3) is 0.700. The van der Waals surface area contributed by atoms with E-state index in [2.05, 4.69) is 19.1 Å². The molecular weight excluding hydrogens is 120 g/mol. The summed E-state index contributed by atoms with van der Waals surface area (Å²) in [6.45, 7) is 3.80. The lowest BCUT2D eigenvalue weighted by Crippen LogP contribution is -1.84. The van der Waals surface area contributed by atoms with Crippen molar-refractivity contribution >= 4 is 0 Å². The van der Waals surface area contributed by atoms with Gasteiger partial charge < -0.3 is 0 Å². The lowest BCUT2D eigenvalue weighted by atomic mass is 10.1. The highest BCUT2D eigenvalue weighted by atomic mass is 14.2. The summed E-state index contributed by atoms with van der Waals surface area (Å²) < 4.78 is 0. The third kappa shape index (κ3) is 2.55. The standard InChI is InChI=1S/C10H17/c1-2-3-4-7-10-8-5-6-9-10/h4,7,10H,1-3,5-6,8-9H2. The molecule has 0 aromatic rings. The Bertz CT molecular complexity index is 96.6. The molecule has 1 aliphatic carbocycles. The first-order valence-corrected chi connectivity index (χ1v) is 4.39. The van der Waals surface area contributed by atoms with E-state index >= 15 is 0 Å². The molecule has 0 amide bonds. The van der Waals surface area contributed by atoms with E-state index in [0.717, 1.165) is 18.8 Å². The zero-order valence-electron chi connectivity index (χ0n) is 6.68. The van der Waals surface area contributed by atoms with Gasteiger partial charge in [0.25, 0.3) is 0 Å². The van der Waals surface area contributed by atoms with E-state index in [1.807, 2.05) is 0 Å². The normalized spacial score (nSPS) is 20.9. The number of unbranched alkanes of at least 4 members (excludes halogenated alkanes) is 1. The van der Waals surface area contributed by atoms with Crippen molar-refractivity contribution in [2.45, 2.75) is 38.5 Å². The summed E-state index contributed by atoms with van der Waals surface area (Å²) in [7, 11) is 0. The average molecular weight is 137 g/mol. The molecule has 10 heavy (non-hydrogen) atoms. The largest absolute Gasteiger partial charge is 0.0883 e. The van der Waals surface area contributed by atoms with Gasteiger partial charge in [0, 0.05) is 0 Å². The van der Waals surface area contributed by atoms with Gasteiger partial charge in [0.2, 0.25) is 0 Å². The molecule has 0 unspecified atom stereocenters. The SMILES string of the molecule is [CH2]CCC=CC1CCCC1. The Morgan fingerprint density at radius 1 is 1.30 bits per heavy atom. The highest BCUT2D eigenvalue weighted by Gasteiger charge is 2.10. The predicted octanol–water partition coefficient (Wildman–Crippen LogP) is 3.35. The summed E-state index contributed by atoms with van der Waals surface area (Å²) in [6.07, 6.45) is 12.6. The van der Waals surface area contributed by atoms with Gasteiger partial charge in [-0.1, -0.05) is 31.9 Å². The van der Waals surface area contributed by atoms with E-state index in [4.69, 9.17) is 0 Å². The van der Waals surface area contributed by atoms with Crippen LogP contribution in [-0.4, -0.2) is 0 Å². The van der Waals surface area contributed by atoms with E-state index in [1.165, 1.54) is 25.7 Å². The quantitative estimate of drug-likeness (QED) is 0.523. The second kappa shape index (κ2) is 4.54. The molecule has 0 nitrogen and oxygen atoms in total. The van der Waals surface area contributed by atoms with Crippen molar-refractivity contribution in [1.82, 2.24) is 0 Å². The van der Waals surface area contributed by atoms with Gasteiger partial charge in [-0.3, -0.25) is 0 Å². The van der Waals surface area contributed by atoms with E-state index < -0.39 is 0 Å². The van der Waals surface area contributed by atoms with E-state index in [-0.39, 0.29) is 0 Å². The molecule has 1 radical (unpaired) electrons. The third-order valence-corrected chi connectivity index (χ3v) is 2.18. The van der Waals surface area contributed by atoms with Crippen LogP contribution in [0.5, 0.6) is 0 Å². The summed E-state index contributed by atoms with van der Waals surface area (Å²) in [6, 6.07) is 0. The smallest absolute Gasteiger partial charge is 0.0234 e. The van der Waals surface area contributed by atoms with Crippen LogP contribution in [0.2, 0.25) is 0 Å². The summed E-state index contributed by atoms with van der Waals surface area (Å²) >= 11 is 0. The predicted molar refractivity (Wildman–Crippen MR) is 45.7 cm³/mol. The Hall–Kier alpha value is -0.260. The maximum atomic E-state index is 3.80. The molecule has 0 heteroatoms. The van der Waals surface area contributed by atoms with Crippen molar-refractivity contribution in [3.63, 3.8) is 0 Å². The summed E-state index contributed by atoms with van der Waals surface area (Å²) in [4.78, 5) is 0. The highest BCUT2D eigenvalue weighted by Crippen LogP contribution is 2.25. The Kier molecular flexibility index (Phi) is 3.56. The Labute approximate surface area is 64.3 Å². The van der Waals surface area contributed by atoms with Crippen LogP contribution < -0.4 is 0 Å². The van der Waals surface area contributed by atoms with Gasteiger partial charge in [-0.25, -0.2) is 0 Å². The minimum Gasteiger partial charge on any atom is -0.0883 e. The minimum atomic E-state index is 0.909. The fourth-order valence-electron chi connectivity index (χ4n) is 1.56. The van der Waals surface area contributed by atoms with Crippen molar-refractivity contribution in [3.05, 3.63) is 19.1 Å². The van der Waals surface area contributed by atoms with E-state index in [9.17, 15) is 0 Å². The second-order valence-corrected chi connectivity index (χ2v) is 3.11. The molecule has 0 heterocycles. The van der Waals surface area contributed by atoms with Gasteiger partial charge in [-0.2, -0.15) is 0 Å². The third-order valence-electron chi connectivity index (χ3n) is 2.18. The van der Waals surface area contributed by atoms with Gasteiger partial charge in [-0.15, -0.1) is 0 Å². The average Bonchev–Trinajstić information content (AvgIpc) is 2.41. The van der Waals surface area contributed by atoms with Crippen molar-refractivity contribution in [3.8, 4) is 0 Å². The van der Waals surface area contributed by atoms with Gasteiger partial charge >= 0.3 is 0 Å². The number of allylic oxidation sites excluding steroid dienone is 2. The van der Waals surface area contributed by atoms with Crippen molar-refractivity contribution in [2.24, 2.45) is 5.92 Å². The number of hydrogen-bond donors (Lipinski definition) is 0. The molecule has 0 spiro atoms. The molecule has 0 atom stereocenters. The van der Waals surface area contributed by atoms with Gasteiger partial charge in [0.1, 0.15) is 0 Å². The topological polar surface area (TPSA) is 0 Å². The van der Waals surface area contributed by atoms with Gasteiger partial charge in [0.15, 0.2) is 0 Å². The van der Waals surface area contributed by atoms with Crippen LogP contribution in [0.1, 0.15) is 38.5 Å². The van der Waals surface area contributed by atoms with Gasteiger partial charge in [0.05, 0.1) is 0 Å². The maximum absolute atomic E-state index is 3.80. The molecule has 1 fully saturated rings. The summed E-state index contributed by atoms with van der Waals surface area (Å²) in [5.74, 6) is 0.909. The lowest BCUT2D eigenvalue weighted by molar-refractivity contribution is 0.682. The fourth-order valence-corrected chi connectivity index (χ4v) is 1.56. The Balaban J connectivity index is 2.10. The molecule has 0 aliphatic heterocycles. The number of rotatable bonds is 3. The molecule has 0 bridgehead atoms. The zero-order chi connectivity index (χ0) is 7.23. The Morgan fingerprint density at radius 2 is 2.00 bits per heavy atom. The highest BCUT2D eigenvalue weighted by molar-refractivity contribution is 4.90. The Morgan fingerprint density at radius 3 is 2.60 bits per heavy atom. The lowest BCUT2D eigenvalue weighted by Gasteiger charge is -1.98. The van der Waals surface area contributed by atoms with Crippen LogP contribution in [0.15, 0.2) is 12.2 Å². The van der Waals surface area contributed by atoms with Crippen LogP contribution in [-0.2, 0) is 0 Å². The first kappa shape index (κ1) is 7.84. The monoisotopic (exact) mass is 137 g/mol. The second-order valence-electron chi connectivity index (χ2n) is 3.11. The first-order chi connectivity index (χ1) is 4.93. The number of hydrogen-bond acceptors (Lipinski definition) is 0.